The molecule has 0 radical (unpaired) electrons. The highest BCUT2D eigenvalue weighted by atomic mass is 35.5. The lowest BCUT2D eigenvalue weighted by Crippen LogP contribution is -2.54. The van der Waals surface area contributed by atoms with Gasteiger partial charge in [0.2, 0.25) is 0 Å². The summed E-state index contributed by atoms with van der Waals surface area (Å²) in [6.45, 7) is 3.24. The number of ether oxygens (including phenoxy) is 1. The zero-order valence-corrected chi connectivity index (χ0v) is 14.1. The van der Waals surface area contributed by atoms with Gasteiger partial charge in [0, 0.05) is 18.2 Å². The molecule has 1 aliphatic rings. The van der Waals surface area contributed by atoms with E-state index in [2.05, 4.69) is 24.4 Å². The number of methoxy groups -OCH3 is 1. The van der Waals surface area contributed by atoms with E-state index in [1.807, 2.05) is 19.2 Å². The highest BCUT2D eigenvalue weighted by molar-refractivity contribution is 6.31. The molecule has 0 amide bonds. The third-order valence-electron chi connectivity index (χ3n) is 4.76. The van der Waals surface area contributed by atoms with Gasteiger partial charge in [0.1, 0.15) is 0 Å². The average Bonchev–Trinajstić information content (AvgIpc) is 2.53. The molecule has 1 aliphatic carbocycles. The van der Waals surface area contributed by atoms with Gasteiger partial charge in [0.15, 0.2) is 0 Å². The predicted molar refractivity (Wildman–Crippen MR) is 90.1 cm³/mol. The van der Waals surface area contributed by atoms with Crippen molar-refractivity contribution in [3.63, 3.8) is 0 Å². The van der Waals surface area contributed by atoms with Gasteiger partial charge < -0.3 is 10.1 Å². The van der Waals surface area contributed by atoms with Gasteiger partial charge in [-0.05, 0) is 43.9 Å². The predicted octanol–water partition coefficient (Wildman–Crippen LogP) is 4.60. The van der Waals surface area contributed by atoms with Crippen LogP contribution in [0.25, 0.3) is 0 Å². The molecule has 1 N–H and O–H groups in total. The zero-order chi connectivity index (χ0) is 15.1. The standard InChI is InChI=1S/C18H28ClNO/c1-3-13-20-17(14-15-9-5-6-10-16(15)19)18(21-2)11-7-4-8-12-18/h5-6,9-10,17,20H,3-4,7-8,11-14H2,1-2H3. The van der Waals surface area contributed by atoms with E-state index in [4.69, 9.17) is 16.3 Å². The third kappa shape index (κ3) is 4.21. The highest BCUT2D eigenvalue weighted by Crippen LogP contribution is 2.36. The number of nitrogens with one attached hydrogen (secondary N) is 1. The summed E-state index contributed by atoms with van der Waals surface area (Å²) in [5, 5.41) is 4.59. The fraction of sp³-hybridized carbons (Fsp3) is 0.667. The summed E-state index contributed by atoms with van der Waals surface area (Å²) in [6, 6.07) is 8.51. The SMILES string of the molecule is CCCNC(Cc1ccccc1Cl)C1(OC)CCCCC1. The van der Waals surface area contributed by atoms with Gasteiger partial charge in [0.05, 0.1) is 5.60 Å². The van der Waals surface area contributed by atoms with Crippen molar-refractivity contribution >= 4 is 11.6 Å². The Morgan fingerprint density at radius 1 is 1.24 bits per heavy atom. The lowest BCUT2D eigenvalue weighted by Gasteiger charge is -2.43. The molecule has 1 saturated carbocycles. The van der Waals surface area contributed by atoms with Gasteiger partial charge in [-0.3, -0.25) is 0 Å². The van der Waals surface area contributed by atoms with Crippen LogP contribution in [0, 0.1) is 0 Å². The first-order valence-corrected chi connectivity index (χ1v) is 8.61. The summed E-state index contributed by atoms with van der Waals surface area (Å²) in [6.07, 6.45) is 8.23. The molecule has 21 heavy (non-hydrogen) atoms. The van der Waals surface area contributed by atoms with Crippen LogP contribution in [0.5, 0.6) is 0 Å². The summed E-state index contributed by atoms with van der Waals surface area (Å²) in [5.74, 6) is 0. The van der Waals surface area contributed by atoms with Crippen molar-refractivity contribution in [2.45, 2.75) is 63.5 Å². The molecule has 1 atom stereocenters. The summed E-state index contributed by atoms with van der Waals surface area (Å²) in [5.41, 5.74) is 1.18. The number of benzene rings is 1. The minimum absolute atomic E-state index is 0.0351. The first-order chi connectivity index (χ1) is 10.2. The lowest BCUT2D eigenvalue weighted by atomic mass is 9.77. The molecular weight excluding hydrogens is 282 g/mol. The van der Waals surface area contributed by atoms with Crippen molar-refractivity contribution in [1.82, 2.24) is 5.32 Å². The molecule has 118 valence electrons. The fourth-order valence-corrected chi connectivity index (χ4v) is 3.70. The number of hydrogen-bond donors (Lipinski definition) is 1. The molecule has 0 bridgehead atoms. The molecule has 0 spiro atoms. The quantitative estimate of drug-likeness (QED) is 0.794. The highest BCUT2D eigenvalue weighted by Gasteiger charge is 2.39. The van der Waals surface area contributed by atoms with Crippen LogP contribution in [-0.2, 0) is 11.2 Å². The number of rotatable bonds is 7. The molecule has 0 heterocycles. The van der Waals surface area contributed by atoms with E-state index in [-0.39, 0.29) is 5.60 Å². The van der Waals surface area contributed by atoms with E-state index in [9.17, 15) is 0 Å². The Hall–Kier alpha value is -0.570. The Balaban J connectivity index is 2.18. The number of halogens is 1. The molecular formula is C18H28ClNO. The Kier molecular flexibility index (Phi) is 6.53. The van der Waals surface area contributed by atoms with Crippen molar-refractivity contribution in [2.75, 3.05) is 13.7 Å². The molecule has 3 heteroatoms. The lowest BCUT2D eigenvalue weighted by molar-refractivity contribution is -0.0672. The Bertz CT molecular complexity index is 429. The van der Waals surface area contributed by atoms with Crippen LogP contribution in [0.1, 0.15) is 51.0 Å². The van der Waals surface area contributed by atoms with E-state index in [0.29, 0.717) is 6.04 Å². The van der Waals surface area contributed by atoms with E-state index >= 15 is 0 Å². The van der Waals surface area contributed by atoms with E-state index in [1.54, 1.807) is 0 Å². The van der Waals surface area contributed by atoms with Crippen molar-refractivity contribution in [3.8, 4) is 0 Å². The second kappa shape index (κ2) is 8.17. The maximum Gasteiger partial charge on any atom is 0.0834 e. The minimum Gasteiger partial charge on any atom is -0.377 e. The zero-order valence-electron chi connectivity index (χ0n) is 13.3. The monoisotopic (exact) mass is 309 g/mol. The molecule has 1 fully saturated rings. The van der Waals surface area contributed by atoms with Crippen LogP contribution in [0.3, 0.4) is 0 Å². The normalized spacial score (nSPS) is 19.4. The van der Waals surface area contributed by atoms with E-state index < -0.39 is 0 Å². The fourth-order valence-electron chi connectivity index (χ4n) is 3.49. The molecule has 1 aromatic carbocycles. The van der Waals surface area contributed by atoms with Gasteiger partial charge in [-0.25, -0.2) is 0 Å². The summed E-state index contributed by atoms with van der Waals surface area (Å²) in [4.78, 5) is 0. The first-order valence-electron chi connectivity index (χ1n) is 8.24. The molecule has 1 aromatic rings. The van der Waals surface area contributed by atoms with E-state index in [1.165, 1.54) is 24.8 Å². The molecule has 0 aliphatic heterocycles. The minimum atomic E-state index is -0.0351. The Morgan fingerprint density at radius 2 is 1.95 bits per heavy atom. The first kappa shape index (κ1) is 16.8. The van der Waals surface area contributed by atoms with Crippen molar-refractivity contribution in [2.24, 2.45) is 0 Å². The average molecular weight is 310 g/mol. The van der Waals surface area contributed by atoms with Crippen molar-refractivity contribution in [3.05, 3.63) is 34.9 Å². The summed E-state index contributed by atoms with van der Waals surface area (Å²) < 4.78 is 6.04. The van der Waals surface area contributed by atoms with Gasteiger partial charge in [-0.15, -0.1) is 0 Å². The van der Waals surface area contributed by atoms with Gasteiger partial charge in [-0.2, -0.15) is 0 Å². The van der Waals surface area contributed by atoms with Crippen LogP contribution in [0.15, 0.2) is 24.3 Å². The summed E-state index contributed by atoms with van der Waals surface area (Å²) in [7, 11) is 1.87. The Labute approximate surface area is 134 Å². The second-order valence-electron chi connectivity index (χ2n) is 6.13. The molecule has 2 rings (SSSR count). The van der Waals surface area contributed by atoms with Crippen LogP contribution in [0.2, 0.25) is 5.02 Å². The summed E-state index contributed by atoms with van der Waals surface area (Å²) >= 11 is 6.36. The topological polar surface area (TPSA) is 21.3 Å². The van der Waals surface area contributed by atoms with Gasteiger partial charge >= 0.3 is 0 Å². The smallest absolute Gasteiger partial charge is 0.0834 e. The van der Waals surface area contributed by atoms with Gasteiger partial charge in [-0.1, -0.05) is 56.0 Å². The van der Waals surface area contributed by atoms with Crippen LogP contribution < -0.4 is 5.32 Å². The number of hydrogen-bond acceptors (Lipinski definition) is 2. The maximum atomic E-state index is 6.36. The molecule has 0 saturated heterocycles. The molecule has 1 unspecified atom stereocenters. The van der Waals surface area contributed by atoms with E-state index in [0.717, 1.165) is 37.3 Å². The van der Waals surface area contributed by atoms with Crippen LogP contribution >= 0.6 is 11.6 Å². The Morgan fingerprint density at radius 3 is 2.57 bits per heavy atom. The third-order valence-corrected chi connectivity index (χ3v) is 5.13. The van der Waals surface area contributed by atoms with Gasteiger partial charge in [0.25, 0.3) is 0 Å². The van der Waals surface area contributed by atoms with Crippen LogP contribution in [0.4, 0.5) is 0 Å². The second-order valence-corrected chi connectivity index (χ2v) is 6.54. The largest absolute Gasteiger partial charge is 0.377 e. The maximum absolute atomic E-state index is 6.36. The van der Waals surface area contributed by atoms with Crippen LogP contribution in [-0.4, -0.2) is 25.3 Å². The molecule has 2 nitrogen and oxygen atoms in total. The van der Waals surface area contributed by atoms with Crippen molar-refractivity contribution < 1.29 is 4.74 Å². The molecule has 0 aromatic heterocycles. The van der Waals surface area contributed by atoms with Crippen molar-refractivity contribution in [1.29, 1.82) is 0 Å².